The van der Waals surface area contributed by atoms with Gasteiger partial charge in [0.05, 0.1) is 30.0 Å². The molecule has 0 unspecified atom stereocenters. The molecule has 0 aromatic carbocycles. The molecule has 12 atom stereocenters. The molecule has 5 heteroatoms. The zero-order valence-corrected chi connectivity index (χ0v) is 39.0. The lowest BCUT2D eigenvalue weighted by Gasteiger charge is -2.44. The van der Waals surface area contributed by atoms with Crippen LogP contribution in [0, 0.1) is 52.3 Å². The summed E-state index contributed by atoms with van der Waals surface area (Å²) in [6.45, 7) is 26.7. The van der Waals surface area contributed by atoms with Gasteiger partial charge < -0.3 is 25.5 Å². The van der Waals surface area contributed by atoms with Crippen molar-refractivity contribution < 1.29 is 25.5 Å². The van der Waals surface area contributed by atoms with E-state index in [1.165, 1.54) is 89.9 Å². The standard InChI is InChI=1S/C27H44O3.C27H44O2/c1-18(8-6-14-26(3,4)30)23-12-13-24-20(9-7-15-27(23,24)5)10-11-21-16-22(28)17-25(29)19(21)2;1-18(2)8-6-9-19(3)24-13-14-25-21(10-7-15-27(24,25)5)11-12-22-16-23(28)17-26(29)20(22)4/h10-11,18,22-25,28-30H,2,6-9,12-17H2,1,3-5H3;11-12,18-19,23-26,28-29H,4,6-10,13-17H2,1-3,5H3/b20-10+,21-11-;21-11+,22-12-/t18-,22-,23-,24+,25+,27-;19-,23-,24-,25+,26+,27-/m11/s1. The molecule has 0 aromatic rings. The van der Waals surface area contributed by atoms with E-state index in [0.29, 0.717) is 54.3 Å². The zero-order valence-electron chi connectivity index (χ0n) is 39.0. The van der Waals surface area contributed by atoms with E-state index < -0.39 is 30.0 Å². The Morgan fingerprint density at radius 3 is 1.47 bits per heavy atom. The molecule has 334 valence electrons. The van der Waals surface area contributed by atoms with Gasteiger partial charge in [-0.3, -0.25) is 0 Å². The van der Waals surface area contributed by atoms with Crippen LogP contribution in [0.3, 0.4) is 0 Å². The largest absolute Gasteiger partial charge is 0.393 e. The fourth-order valence-electron chi connectivity index (χ4n) is 13.5. The normalized spacial score (nSPS) is 39.1. The molecular weight excluding hydrogens is 729 g/mol. The fourth-order valence-corrected chi connectivity index (χ4v) is 13.5. The molecule has 0 heterocycles. The third-order valence-corrected chi connectivity index (χ3v) is 16.9. The van der Waals surface area contributed by atoms with Gasteiger partial charge in [-0.2, -0.15) is 0 Å². The molecule has 0 aromatic heterocycles. The van der Waals surface area contributed by atoms with E-state index >= 15 is 0 Å². The van der Waals surface area contributed by atoms with Crippen LogP contribution in [0.5, 0.6) is 0 Å². The van der Waals surface area contributed by atoms with Gasteiger partial charge in [0.2, 0.25) is 0 Å². The average molecular weight is 817 g/mol. The summed E-state index contributed by atoms with van der Waals surface area (Å²) in [5.41, 5.74) is 7.05. The number of fused-ring (bicyclic) bond motifs is 2. The van der Waals surface area contributed by atoms with E-state index in [1.54, 1.807) is 11.1 Å². The number of rotatable bonds is 12. The minimum absolute atomic E-state index is 0.374. The first-order valence-corrected chi connectivity index (χ1v) is 24.4. The topological polar surface area (TPSA) is 101 Å². The first-order valence-electron chi connectivity index (χ1n) is 24.4. The second-order valence-electron chi connectivity index (χ2n) is 22.3. The molecule has 0 bridgehead atoms. The summed E-state index contributed by atoms with van der Waals surface area (Å²) in [5.74, 6) is 5.30. The SMILES string of the molecule is C=C1/C(=C\C=C2/CCC[C@]3(C)[C@@H]([C@H](C)CCCC(C)(C)O)CC[C@@H]23)C[C@@H](O)C[C@@H]1O.C=C1/C(=C\C=C2/CCC[C@]3(C)[C@@H]([C@H](C)CCCC(C)C)CC[C@@H]23)C[C@@H](O)C[C@@H]1O. The van der Waals surface area contributed by atoms with Gasteiger partial charge in [0.25, 0.3) is 0 Å². The number of hydrogen-bond donors (Lipinski definition) is 5. The average Bonchev–Trinajstić information content (AvgIpc) is 3.70. The van der Waals surface area contributed by atoms with Crippen molar-refractivity contribution in [3.63, 3.8) is 0 Å². The van der Waals surface area contributed by atoms with Crippen molar-refractivity contribution in [1.29, 1.82) is 0 Å². The second-order valence-corrected chi connectivity index (χ2v) is 22.3. The van der Waals surface area contributed by atoms with Crippen LogP contribution in [0.2, 0.25) is 0 Å². The molecule has 0 saturated heterocycles. The molecule has 5 N–H and O–H groups in total. The van der Waals surface area contributed by atoms with Crippen LogP contribution in [0.4, 0.5) is 0 Å². The van der Waals surface area contributed by atoms with Crippen molar-refractivity contribution in [1.82, 2.24) is 0 Å². The predicted molar refractivity (Wildman–Crippen MR) is 247 cm³/mol. The smallest absolute Gasteiger partial charge is 0.0811 e. The highest BCUT2D eigenvalue weighted by atomic mass is 16.3. The molecule has 0 spiro atoms. The highest BCUT2D eigenvalue weighted by molar-refractivity contribution is 5.40. The van der Waals surface area contributed by atoms with E-state index in [9.17, 15) is 25.5 Å². The molecule has 6 fully saturated rings. The van der Waals surface area contributed by atoms with Gasteiger partial charge in [0, 0.05) is 12.8 Å². The maximum Gasteiger partial charge on any atom is 0.0811 e. The molecule has 0 radical (unpaired) electrons. The van der Waals surface area contributed by atoms with Crippen LogP contribution < -0.4 is 0 Å². The summed E-state index contributed by atoms with van der Waals surface area (Å²) in [4.78, 5) is 0. The van der Waals surface area contributed by atoms with Gasteiger partial charge in [-0.1, -0.05) is 122 Å². The van der Waals surface area contributed by atoms with E-state index in [4.69, 9.17) is 0 Å². The number of allylic oxidation sites excluding steroid dienone is 6. The fraction of sp³-hybridized carbons (Fsp3) is 0.778. The molecule has 6 aliphatic rings. The van der Waals surface area contributed by atoms with E-state index in [-0.39, 0.29) is 0 Å². The van der Waals surface area contributed by atoms with Crippen molar-refractivity contribution in [3.05, 3.63) is 70.9 Å². The van der Waals surface area contributed by atoms with Crippen LogP contribution in [0.25, 0.3) is 0 Å². The molecule has 6 saturated carbocycles. The van der Waals surface area contributed by atoms with Crippen LogP contribution in [0.15, 0.2) is 70.9 Å². The van der Waals surface area contributed by atoms with Gasteiger partial charge in [-0.05, 0) is 172 Å². The maximum absolute atomic E-state index is 10.1. The highest BCUT2D eigenvalue weighted by Crippen LogP contribution is 2.61. The summed E-state index contributed by atoms with van der Waals surface area (Å²) in [5, 5.41) is 50.4. The van der Waals surface area contributed by atoms with Crippen molar-refractivity contribution in [3.8, 4) is 0 Å². The number of aliphatic hydroxyl groups is 5. The third kappa shape index (κ3) is 12.0. The monoisotopic (exact) mass is 817 g/mol. The minimum Gasteiger partial charge on any atom is -0.393 e. The highest BCUT2D eigenvalue weighted by Gasteiger charge is 2.51. The first kappa shape index (κ1) is 48.3. The lowest BCUT2D eigenvalue weighted by atomic mass is 9.60. The van der Waals surface area contributed by atoms with Crippen molar-refractivity contribution in [2.45, 2.75) is 214 Å². The Balaban J connectivity index is 0.000000224. The van der Waals surface area contributed by atoms with E-state index in [1.807, 2.05) is 13.8 Å². The van der Waals surface area contributed by atoms with Crippen LogP contribution in [-0.4, -0.2) is 55.5 Å². The van der Waals surface area contributed by atoms with Crippen molar-refractivity contribution in [2.75, 3.05) is 0 Å². The molecule has 0 amide bonds. The van der Waals surface area contributed by atoms with Crippen LogP contribution in [0.1, 0.15) is 184 Å². The summed E-state index contributed by atoms with van der Waals surface area (Å²) in [6, 6.07) is 0. The number of hydrogen-bond acceptors (Lipinski definition) is 5. The Labute approximate surface area is 361 Å². The number of aliphatic hydroxyl groups excluding tert-OH is 4. The van der Waals surface area contributed by atoms with E-state index in [0.717, 1.165) is 58.8 Å². The molecule has 59 heavy (non-hydrogen) atoms. The minimum atomic E-state index is -0.615. The van der Waals surface area contributed by atoms with Crippen molar-refractivity contribution >= 4 is 0 Å². The zero-order chi connectivity index (χ0) is 43.3. The molecule has 5 nitrogen and oxygen atoms in total. The lowest BCUT2D eigenvalue weighted by Crippen LogP contribution is -2.36. The second kappa shape index (κ2) is 20.6. The Hall–Kier alpha value is -1.76. The van der Waals surface area contributed by atoms with Gasteiger partial charge >= 0.3 is 0 Å². The summed E-state index contributed by atoms with van der Waals surface area (Å²) < 4.78 is 0. The Kier molecular flexibility index (Phi) is 16.9. The Morgan fingerprint density at radius 1 is 0.644 bits per heavy atom. The molecule has 0 aliphatic heterocycles. The van der Waals surface area contributed by atoms with Gasteiger partial charge in [0.15, 0.2) is 0 Å². The third-order valence-electron chi connectivity index (χ3n) is 16.9. The van der Waals surface area contributed by atoms with Gasteiger partial charge in [-0.25, -0.2) is 0 Å². The summed E-state index contributed by atoms with van der Waals surface area (Å²) in [6.07, 6.45) is 29.0. The molecule has 6 aliphatic carbocycles. The molecular formula is C54H88O5. The summed E-state index contributed by atoms with van der Waals surface area (Å²) >= 11 is 0. The molecule has 6 rings (SSSR count). The quantitative estimate of drug-likeness (QED) is 0.135. The van der Waals surface area contributed by atoms with Gasteiger partial charge in [0.1, 0.15) is 0 Å². The van der Waals surface area contributed by atoms with E-state index in [2.05, 4.69) is 79.0 Å². The van der Waals surface area contributed by atoms with Crippen LogP contribution >= 0.6 is 0 Å². The van der Waals surface area contributed by atoms with Crippen LogP contribution in [-0.2, 0) is 0 Å². The first-order chi connectivity index (χ1) is 27.7. The maximum atomic E-state index is 10.1. The lowest BCUT2D eigenvalue weighted by molar-refractivity contribution is 0.0596. The van der Waals surface area contributed by atoms with Crippen molar-refractivity contribution in [2.24, 2.45) is 52.3 Å². The Morgan fingerprint density at radius 2 is 1.07 bits per heavy atom. The van der Waals surface area contributed by atoms with Gasteiger partial charge in [-0.15, -0.1) is 0 Å². The Bertz CT molecular complexity index is 1560. The summed E-state index contributed by atoms with van der Waals surface area (Å²) in [7, 11) is 0. The predicted octanol–water partition coefficient (Wildman–Crippen LogP) is 12.3.